The van der Waals surface area contributed by atoms with Gasteiger partial charge in [0, 0.05) is 12.1 Å². The van der Waals surface area contributed by atoms with Crippen molar-refractivity contribution >= 4 is 11.7 Å². The van der Waals surface area contributed by atoms with Gasteiger partial charge in [0.25, 0.3) is 0 Å². The van der Waals surface area contributed by atoms with E-state index in [1.54, 1.807) is 0 Å². The number of ether oxygens (including phenoxy) is 1. The number of nitrogens with two attached hydrogens (primary N) is 2. The van der Waals surface area contributed by atoms with Gasteiger partial charge in [0.05, 0.1) is 17.8 Å². The van der Waals surface area contributed by atoms with E-state index >= 15 is 0 Å². The van der Waals surface area contributed by atoms with Crippen LogP contribution in [0.4, 0.5) is 18.9 Å². The van der Waals surface area contributed by atoms with Gasteiger partial charge in [0.15, 0.2) is 0 Å². The highest BCUT2D eigenvalue weighted by atomic mass is 19.4. The van der Waals surface area contributed by atoms with Crippen LogP contribution in [0.25, 0.3) is 0 Å². The number of alkyl halides is 3. The van der Waals surface area contributed by atoms with Gasteiger partial charge in [-0.25, -0.2) is 4.98 Å². The predicted molar refractivity (Wildman–Crippen MR) is 54.6 cm³/mol. The summed E-state index contributed by atoms with van der Waals surface area (Å²) in [6, 6.07) is 1.06. The molecule has 0 bridgehead atoms. The number of anilines is 1. The maximum atomic E-state index is 12.1. The van der Waals surface area contributed by atoms with E-state index in [9.17, 15) is 18.0 Å². The molecule has 0 spiro atoms. The summed E-state index contributed by atoms with van der Waals surface area (Å²) in [4.78, 5) is 14.0. The molecule has 0 radical (unpaired) electrons. The number of rotatable bonds is 4. The van der Waals surface area contributed by atoms with E-state index in [-0.39, 0.29) is 23.5 Å². The van der Waals surface area contributed by atoms with Gasteiger partial charge in [0.1, 0.15) is 0 Å². The first-order chi connectivity index (χ1) is 8.23. The van der Waals surface area contributed by atoms with Crippen LogP contribution in [-0.4, -0.2) is 22.4 Å². The number of carboxylic acid groups (broad SMARTS) is 1. The second-order valence-corrected chi connectivity index (χ2v) is 3.31. The number of hydrogen-bond acceptors (Lipinski definition) is 5. The van der Waals surface area contributed by atoms with Crippen LogP contribution < -0.4 is 16.2 Å². The molecule has 0 atom stereocenters. The van der Waals surface area contributed by atoms with Crippen LogP contribution in [-0.2, 0) is 17.8 Å². The molecule has 18 heavy (non-hydrogen) atoms. The third kappa shape index (κ3) is 3.77. The number of pyridine rings is 1. The Morgan fingerprint density at radius 2 is 2.11 bits per heavy atom. The molecular formula is C9H10F3N3O3. The number of nitrogens with zero attached hydrogens (tertiary/aromatic N) is 1. The van der Waals surface area contributed by atoms with E-state index in [1.165, 1.54) is 0 Å². The predicted octanol–water partition coefficient (Wildman–Crippen LogP) is 0.648. The third-order valence-corrected chi connectivity index (χ3v) is 1.92. The molecule has 1 heterocycles. The van der Waals surface area contributed by atoms with Gasteiger partial charge in [-0.15, -0.1) is 13.2 Å². The molecule has 0 aliphatic heterocycles. The molecule has 5 N–H and O–H groups in total. The van der Waals surface area contributed by atoms with Crippen molar-refractivity contribution in [3.05, 3.63) is 17.3 Å². The minimum absolute atomic E-state index is 0.00314. The zero-order chi connectivity index (χ0) is 13.9. The molecule has 0 saturated carbocycles. The van der Waals surface area contributed by atoms with Gasteiger partial charge in [-0.3, -0.25) is 4.79 Å². The number of carboxylic acids is 1. The molecule has 9 heteroatoms. The number of carbonyl (C=O) groups is 1. The molecule has 0 saturated heterocycles. The smallest absolute Gasteiger partial charge is 0.481 e. The molecule has 6 nitrogen and oxygen atoms in total. The normalized spacial score (nSPS) is 11.3. The van der Waals surface area contributed by atoms with Crippen LogP contribution in [0, 0.1) is 0 Å². The van der Waals surface area contributed by atoms with Crippen LogP contribution in [0.5, 0.6) is 5.88 Å². The summed E-state index contributed by atoms with van der Waals surface area (Å²) in [5, 5.41) is 8.58. The van der Waals surface area contributed by atoms with Crippen molar-refractivity contribution in [2.45, 2.75) is 19.3 Å². The average Bonchev–Trinajstić information content (AvgIpc) is 2.19. The summed E-state index contributed by atoms with van der Waals surface area (Å²) in [5.74, 6) is -2.18. The van der Waals surface area contributed by atoms with Crippen molar-refractivity contribution in [1.29, 1.82) is 0 Å². The lowest BCUT2D eigenvalue weighted by atomic mass is 10.1. The number of hydrogen-bond donors (Lipinski definition) is 3. The molecule has 1 aromatic heterocycles. The van der Waals surface area contributed by atoms with Crippen molar-refractivity contribution in [2.24, 2.45) is 5.73 Å². The lowest BCUT2D eigenvalue weighted by Crippen LogP contribution is -2.21. The fourth-order valence-corrected chi connectivity index (χ4v) is 1.24. The van der Waals surface area contributed by atoms with Gasteiger partial charge in [-0.2, -0.15) is 0 Å². The second kappa shape index (κ2) is 5.08. The van der Waals surface area contributed by atoms with E-state index in [0.29, 0.717) is 0 Å². The first-order valence-corrected chi connectivity index (χ1v) is 4.69. The topological polar surface area (TPSA) is 111 Å². The summed E-state index contributed by atoms with van der Waals surface area (Å²) in [6.07, 6.45) is -5.66. The van der Waals surface area contributed by atoms with Crippen molar-refractivity contribution < 1.29 is 27.8 Å². The third-order valence-electron chi connectivity index (χ3n) is 1.92. The molecule has 0 aliphatic carbocycles. The minimum atomic E-state index is -4.97. The zero-order valence-corrected chi connectivity index (χ0v) is 8.99. The Balaban J connectivity index is 3.21. The van der Waals surface area contributed by atoms with E-state index in [4.69, 9.17) is 16.6 Å². The zero-order valence-electron chi connectivity index (χ0n) is 8.99. The SMILES string of the molecule is NCc1nc(OC(F)(F)F)c(CC(=O)O)cc1N. The standard InChI is InChI=1S/C9H10F3N3O3/c10-9(11,12)18-8-4(2-7(16)17)1-5(14)6(3-13)15-8/h1H,2-3,13-14H2,(H,16,17). The maximum absolute atomic E-state index is 12.1. The van der Waals surface area contributed by atoms with Crippen LogP contribution in [0.3, 0.4) is 0 Å². The van der Waals surface area contributed by atoms with Gasteiger partial charge >= 0.3 is 12.3 Å². The fraction of sp³-hybridized carbons (Fsp3) is 0.333. The second-order valence-electron chi connectivity index (χ2n) is 3.31. The molecule has 1 rings (SSSR count). The highest BCUT2D eigenvalue weighted by Crippen LogP contribution is 2.27. The average molecular weight is 265 g/mol. The maximum Gasteiger partial charge on any atom is 0.574 e. The van der Waals surface area contributed by atoms with Crippen molar-refractivity contribution in [2.75, 3.05) is 5.73 Å². The molecule has 0 aromatic carbocycles. The van der Waals surface area contributed by atoms with Crippen molar-refractivity contribution in [3.63, 3.8) is 0 Å². The Labute approximate surface area is 99.4 Å². The fourth-order valence-electron chi connectivity index (χ4n) is 1.24. The van der Waals surface area contributed by atoms with Gasteiger partial charge in [-0.1, -0.05) is 0 Å². The van der Waals surface area contributed by atoms with Crippen molar-refractivity contribution in [1.82, 2.24) is 4.98 Å². The lowest BCUT2D eigenvalue weighted by molar-refractivity contribution is -0.276. The van der Waals surface area contributed by atoms with Crippen LogP contribution in [0.2, 0.25) is 0 Å². The molecule has 0 fully saturated rings. The van der Waals surface area contributed by atoms with Crippen molar-refractivity contribution in [3.8, 4) is 5.88 Å². The molecule has 1 aromatic rings. The summed E-state index contributed by atoms with van der Waals surface area (Å²) in [6.45, 7) is -0.187. The number of nitrogen functional groups attached to an aromatic ring is 1. The van der Waals surface area contributed by atoms with E-state index in [1.807, 2.05) is 0 Å². The highest BCUT2D eigenvalue weighted by molar-refractivity contribution is 5.71. The van der Waals surface area contributed by atoms with E-state index in [2.05, 4.69) is 9.72 Å². The van der Waals surface area contributed by atoms with Crippen LogP contribution >= 0.6 is 0 Å². The largest absolute Gasteiger partial charge is 0.574 e. The molecule has 0 amide bonds. The summed E-state index contributed by atoms with van der Waals surface area (Å²) >= 11 is 0. The molecule has 100 valence electrons. The Hall–Kier alpha value is -2.03. The van der Waals surface area contributed by atoms with Gasteiger partial charge < -0.3 is 21.3 Å². The minimum Gasteiger partial charge on any atom is -0.481 e. The van der Waals surface area contributed by atoms with Crippen LogP contribution in [0.1, 0.15) is 11.3 Å². The first kappa shape index (κ1) is 14.0. The molecule has 0 aliphatic rings. The Morgan fingerprint density at radius 3 is 2.56 bits per heavy atom. The number of aromatic nitrogens is 1. The monoisotopic (exact) mass is 265 g/mol. The van der Waals surface area contributed by atoms with E-state index in [0.717, 1.165) is 6.07 Å². The molecule has 0 unspecified atom stereocenters. The Morgan fingerprint density at radius 1 is 1.50 bits per heavy atom. The van der Waals surface area contributed by atoms with Crippen LogP contribution in [0.15, 0.2) is 6.07 Å². The van der Waals surface area contributed by atoms with E-state index < -0.39 is 24.6 Å². The lowest BCUT2D eigenvalue weighted by Gasteiger charge is -2.13. The van der Waals surface area contributed by atoms with Gasteiger partial charge in [0.2, 0.25) is 5.88 Å². The van der Waals surface area contributed by atoms with Gasteiger partial charge in [-0.05, 0) is 6.07 Å². The molecular weight excluding hydrogens is 255 g/mol. The first-order valence-electron chi connectivity index (χ1n) is 4.69. The quantitative estimate of drug-likeness (QED) is 0.736. The summed E-state index contributed by atoms with van der Waals surface area (Å²) in [5.41, 5.74) is 10.5. The highest BCUT2D eigenvalue weighted by Gasteiger charge is 2.33. The summed E-state index contributed by atoms with van der Waals surface area (Å²) in [7, 11) is 0. The number of halogens is 3. The Bertz CT molecular complexity index is 462. The summed E-state index contributed by atoms with van der Waals surface area (Å²) < 4.78 is 40.0. The number of aliphatic carboxylic acids is 1. The Kier molecular flexibility index (Phi) is 3.96.